The standard InChI is InChI=1S/C13H17N3O4S/c1-9(2)20-12-5-3-11(4-6-12)16-21(18,19)13-10(8-17)7-14-15-13/h3-7,9,16-17H,8H2,1-2H3,(H,14,15). The second-order valence-corrected chi connectivity index (χ2v) is 6.30. The third-order valence-corrected chi connectivity index (χ3v) is 3.99. The van der Waals surface area contributed by atoms with E-state index in [1.807, 2.05) is 13.8 Å². The van der Waals surface area contributed by atoms with Crippen molar-refractivity contribution < 1.29 is 18.3 Å². The van der Waals surface area contributed by atoms with Crippen LogP contribution in [-0.4, -0.2) is 29.8 Å². The number of aliphatic hydroxyl groups excluding tert-OH is 1. The molecule has 0 spiro atoms. The van der Waals surface area contributed by atoms with Crippen LogP contribution < -0.4 is 9.46 Å². The zero-order valence-corrected chi connectivity index (χ0v) is 12.5. The summed E-state index contributed by atoms with van der Waals surface area (Å²) in [5.41, 5.74) is 0.604. The van der Waals surface area contributed by atoms with E-state index >= 15 is 0 Å². The highest BCUT2D eigenvalue weighted by Crippen LogP contribution is 2.20. The van der Waals surface area contributed by atoms with E-state index in [1.165, 1.54) is 6.20 Å². The molecule has 1 aromatic carbocycles. The SMILES string of the molecule is CC(C)Oc1ccc(NS(=O)(=O)c2[nH]ncc2CO)cc1. The molecule has 0 saturated carbocycles. The molecule has 0 radical (unpaired) electrons. The number of aromatic amines is 1. The minimum Gasteiger partial charge on any atom is -0.491 e. The first-order chi connectivity index (χ1) is 9.92. The van der Waals surface area contributed by atoms with Gasteiger partial charge in [0.25, 0.3) is 10.0 Å². The maximum absolute atomic E-state index is 12.2. The van der Waals surface area contributed by atoms with Gasteiger partial charge in [-0.3, -0.25) is 9.82 Å². The van der Waals surface area contributed by atoms with Gasteiger partial charge in [-0.2, -0.15) is 13.5 Å². The Morgan fingerprint density at radius 3 is 2.57 bits per heavy atom. The van der Waals surface area contributed by atoms with Gasteiger partial charge in [0.1, 0.15) is 5.75 Å². The van der Waals surface area contributed by atoms with E-state index in [-0.39, 0.29) is 16.7 Å². The van der Waals surface area contributed by atoms with Gasteiger partial charge in [-0.1, -0.05) is 0 Å². The molecule has 0 atom stereocenters. The van der Waals surface area contributed by atoms with Crippen LogP contribution in [0.2, 0.25) is 0 Å². The number of aromatic nitrogens is 2. The van der Waals surface area contributed by atoms with E-state index in [1.54, 1.807) is 24.3 Å². The number of nitrogens with zero attached hydrogens (tertiary/aromatic N) is 1. The predicted molar refractivity (Wildman–Crippen MR) is 77.5 cm³/mol. The molecule has 2 aromatic rings. The van der Waals surface area contributed by atoms with Crippen molar-refractivity contribution in [2.45, 2.75) is 31.6 Å². The summed E-state index contributed by atoms with van der Waals surface area (Å²) in [5, 5.41) is 14.9. The summed E-state index contributed by atoms with van der Waals surface area (Å²) in [7, 11) is -3.82. The molecule has 2 rings (SSSR count). The van der Waals surface area contributed by atoms with Crippen LogP contribution in [-0.2, 0) is 16.6 Å². The van der Waals surface area contributed by atoms with Crippen molar-refractivity contribution in [3.05, 3.63) is 36.0 Å². The Morgan fingerprint density at radius 2 is 2.00 bits per heavy atom. The number of H-pyrrole nitrogens is 1. The molecule has 0 amide bonds. The highest BCUT2D eigenvalue weighted by Gasteiger charge is 2.20. The summed E-state index contributed by atoms with van der Waals surface area (Å²) >= 11 is 0. The molecule has 0 fully saturated rings. The number of aliphatic hydroxyl groups is 1. The third kappa shape index (κ3) is 3.73. The topological polar surface area (TPSA) is 104 Å². The zero-order valence-electron chi connectivity index (χ0n) is 11.7. The minimum atomic E-state index is -3.82. The zero-order chi connectivity index (χ0) is 15.5. The first-order valence-corrected chi connectivity index (χ1v) is 7.83. The Labute approximate surface area is 123 Å². The molecule has 1 heterocycles. The minimum absolute atomic E-state index is 0.0460. The molecule has 1 aromatic heterocycles. The van der Waals surface area contributed by atoms with Gasteiger partial charge in [-0.05, 0) is 38.1 Å². The van der Waals surface area contributed by atoms with Gasteiger partial charge in [-0.15, -0.1) is 0 Å². The number of rotatable bonds is 6. The monoisotopic (exact) mass is 311 g/mol. The quantitative estimate of drug-likeness (QED) is 0.749. The molecule has 0 saturated heterocycles. The number of nitrogens with one attached hydrogen (secondary N) is 2. The smallest absolute Gasteiger partial charge is 0.279 e. The molecule has 0 aliphatic rings. The summed E-state index contributed by atoms with van der Waals surface area (Å²) in [6.45, 7) is 3.41. The Morgan fingerprint density at radius 1 is 1.33 bits per heavy atom. The summed E-state index contributed by atoms with van der Waals surface area (Å²) in [4.78, 5) is 0. The maximum atomic E-state index is 12.2. The first kappa shape index (κ1) is 15.3. The van der Waals surface area contributed by atoms with Crippen molar-refractivity contribution in [1.82, 2.24) is 10.2 Å². The van der Waals surface area contributed by atoms with E-state index in [2.05, 4.69) is 14.9 Å². The van der Waals surface area contributed by atoms with Crippen LogP contribution in [0, 0.1) is 0 Å². The van der Waals surface area contributed by atoms with Crippen LogP contribution in [0.4, 0.5) is 5.69 Å². The number of hydrogen-bond donors (Lipinski definition) is 3. The fourth-order valence-corrected chi connectivity index (χ4v) is 2.91. The van der Waals surface area contributed by atoms with Gasteiger partial charge in [-0.25, -0.2) is 0 Å². The highest BCUT2D eigenvalue weighted by atomic mass is 32.2. The van der Waals surface area contributed by atoms with Crippen LogP contribution in [0.1, 0.15) is 19.4 Å². The van der Waals surface area contributed by atoms with E-state index in [0.717, 1.165) is 0 Å². The molecule has 0 aliphatic carbocycles. The lowest BCUT2D eigenvalue weighted by molar-refractivity contribution is 0.242. The fourth-order valence-electron chi connectivity index (χ4n) is 1.72. The van der Waals surface area contributed by atoms with Gasteiger partial charge in [0, 0.05) is 11.3 Å². The summed E-state index contributed by atoms with van der Waals surface area (Å²) in [6.07, 6.45) is 1.32. The molecule has 7 nitrogen and oxygen atoms in total. The average molecular weight is 311 g/mol. The van der Waals surface area contributed by atoms with Crippen molar-refractivity contribution in [2.75, 3.05) is 4.72 Å². The summed E-state index contributed by atoms with van der Waals surface area (Å²) in [6, 6.07) is 6.56. The molecular formula is C13H17N3O4S. The molecule has 0 bridgehead atoms. The van der Waals surface area contributed by atoms with Crippen molar-refractivity contribution >= 4 is 15.7 Å². The molecule has 3 N–H and O–H groups in total. The lowest BCUT2D eigenvalue weighted by atomic mass is 10.3. The highest BCUT2D eigenvalue weighted by molar-refractivity contribution is 7.92. The molecule has 8 heteroatoms. The van der Waals surface area contributed by atoms with E-state index in [0.29, 0.717) is 11.4 Å². The Bertz CT molecular complexity index is 692. The molecule has 114 valence electrons. The van der Waals surface area contributed by atoms with Crippen molar-refractivity contribution in [2.24, 2.45) is 0 Å². The summed E-state index contributed by atoms with van der Waals surface area (Å²) in [5.74, 6) is 0.658. The Hall–Kier alpha value is -2.06. The Balaban J connectivity index is 2.17. The molecular weight excluding hydrogens is 294 g/mol. The largest absolute Gasteiger partial charge is 0.491 e. The van der Waals surface area contributed by atoms with E-state index < -0.39 is 16.6 Å². The molecule has 0 aliphatic heterocycles. The second-order valence-electron chi connectivity index (χ2n) is 4.68. The maximum Gasteiger partial charge on any atom is 0.279 e. The number of benzene rings is 1. The normalized spacial score (nSPS) is 11.6. The Kier molecular flexibility index (Phi) is 4.49. The average Bonchev–Trinajstić information content (AvgIpc) is 2.89. The lowest BCUT2D eigenvalue weighted by Gasteiger charge is -2.11. The number of ether oxygens (including phenoxy) is 1. The molecule has 0 unspecified atom stereocenters. The van der Waals surface area contributed by atoms with Gasteiger partial charge in [0.15, 0.2) is 5.03 Å². The van der Waals surface area contributed by atoms with E-state index in [4.69, 9.17) is 9.84 Å². The van der Waals surface area contributed by atoms with Crippen LogP contribution in [0.15, 0.2) is 35.5 Å². The van der Waals surface area contributed by atoms with Crippen molar-refractivity contribution in [3.8, 4) is 5.75 Å². The van der Waals surface area contributed by atoms with Crippen molar-refractivity contribution in [1.29, 1.82) is 0 Å². The van der Waals surface area contributed by atoms with Crippen LogP contribution in [0.5, 0.6) is 5.75 Å². The third-order valence-electron chi connectivity index (χ3n) is 2.60. The van der Waals surface area contributed by atoms with Crippen molar-refractivity contribution in [3.63, 3.8) is 0 Å². The van der Waals surface area contributed by atoms with Crippen LogP contribution in [0.3, 0.4) is 0 Å². The van der Waals surface area contributed by atoms with E-state index in [9.17, 15) is 8.42 Å². The number of sulfonamides is 1. The number of hydrogen-bond acceptors (Lipinski definition) is 5. The predicted octanol–water partition coefficient (Wildman–Crippen LogP) is 1.49. The van der Waals surface area contributed by atoms with Crippen LogP contribution >= 0.6 is 0 Å². The summed E-state index contributed by atoms with van der Waals surface area (Å²) < 4.78 is 32.3. The lowest BCUT2D eigenvalue weighted by Crippen LogP contribution is -2.15. The number of anilines is 1. The molecule has 21 heavy (non-hydrogen) atoms. The van der Waals surface area contributed by atoms with Gasteiger partial charge in [0.05, 0.1) is 18.9 Å². The second kappa shape index (κ2) is 6.15. The van der Waals surface area contributed by atoms with Gasteiger partial charge >= 0.3 is 0 Å². The van der Waals surface area contributed by atoms with Gasteiger partial charge in [0.2, 0.25) is 0 Å². The fraction of sp³-hybridized carbons (Fsp3) is 0.308. The van der Waals surface area contributed by atoms with Gasteiger partial charge < -0.3 is 9.84 Å². The first-order valence-electron chi connectivity index (χ1n) is 6.35. The van der Waals surface area contributed by atoms with Crippen LogP contribution in [0.25, 0.3) is 0 Å².